The minimum absolute atomic E-state index is 0.477. The van der Waals surface area contributed by atoms with Gasteiger partial charge in [-0.15, -0.1) is 0 Å². The Morgan fingerprint density at radius 1 is 1.20 bits per heavy atom. The molecule has 0 aliphatic rings. The molecular formula is C15H25N5. The molecule has 2 unspecified atom stereocenters. The van der Waals surface area contributed by atoms with Crippen LogP contribution in [-0.2, 0) is 0 Å². The molecule has 0 spiro atoms. The largest absolute Gasteiger partial charge is 0.367 e. The quantitative estimate of drug-likeness (QED) is 0.800. The number of aromatic nitrogens is 4. The van der Waals surface area contributed by atoms with Gasteiger partial charge < -0.3 is 5.32 Å². The molecule has 0 aliphatic heterocycles. The Morgan fingerprint density at radius 2 is 2.05 bits per heavy atom. The first-order valence-corrected chi connectivity index (χ1v) is 7.67. The highest BCUT2D eigenvalue weighted by Gasteiger charge is 2.17. The molecule has 2 aromatic heterocycles. The minimum Gasteiger partial charge on any atom is -0.367 e. The number of rotatable bonds is 8. The summed E-state index contributed by atoms with van der Waals surface area (Å²) in [6.45, 7) is 6.82. The molecule has 110 valence electrons. The number of hydrogen-bond acceptors (Lipinski definition) is 4. The zero-order valence-corrected chi connectivity index (χ0v) is 12.7. The first-order chi connectivity index (χ1) is 9.76. The molecule has 0 amide bonds. The Kier molecular flexibility index (Phi) is 5.32. The smallest absolute Gasteiger partial charge is 0.254 e. The van der Waals surface area contributed by atoms with Gasteiger partial charge in [-0.25, -0.2) is 4.98 Å². The van der Waals surface area contributed by atoms with Gasteiger partial charge >= 0.3 is 0 Å². The highest BCUT2D eigenvalue weighted by molar-refractivity contribution is 5.42. The lowest BCUT2D eigenvalue weighted by molar-refractivity contribution is 0.414. The van der Waals surface area contributed by atoms with Gasteiger partial charge in [-0.1, -0.05) is 40.0 Å². The number of anilines is 1. The van der Waals surface area contributed by atoms with E-state index in [2.05, 4.69) is 41.2 Å². The average molecular weight is 275 g/mol. The summed E-state index contributed by atoms with van der Waals surface area (Å²) >= 11 is 0. The SMILES string of the molecule is CCCCC(Nc1ccnc2ncnn12)C(C)CCC. The Morgan fingerprint density at radius 3 is 2.80 bits per heavy atom. The topological polar surface area (TPSA) is 55.1 Å². The van der Waals surface area contributed by atoms with Gasteiger partial charge in [0.15, 0.2) is 0 Å². The second-order valence-electron chi connectivity index (χ2n) is 5.46. The lowest BCUT2D eigenvalue weighted by atomic mass is 9.93. The second-order valence-corrected chi connectivity index (χ2v) is 5.46. The van der Waals surface area contributed by atoms with E-state index < -0.39 is 0 Å². The highest BCUT2D eigenvalue weighted by atomic mass is 15.4. The Labute approximate surface area is 120 Å². The molecular weight excluding hydrogens is 250 g/mol. The Balaban J connectivity index is 2.15. The van der Waals surface area contributed by atoms with E-state index in [-0.39, 0.29) is 0 Å². The van der Waals surface area contributed by atoms with Crippen molar-refractivity contribution in [3.63, 3.8) is 0 Å². The van der Waals surface area contributed by atoms with E-state index in [0.29, 0.717) is 17.7 Å². The fraction of sp³-hybridized carbons (Fsp3) is 0.667. The summed E-state index contributed by atoms with van der Waals surface area (Å²) in [6.07, 6.45) is 9.46. The van der Waals surface area contributed by atoms with Crippen LogP contribution in [0.15, 0.2) is 18.6 Å². The van der Waals surface area contributed by atoms with E-state index in [1.165, 1.54) is 32.1 Å². The third-order valence-electron chi connectivity index (χ3n) is 3.81. The van der Waals surface area contributed by atoms with Crippen LogP contribution in [0, 0.1) is 5.92 Å². The van der Waals surface area contributed by atoms with Crippen LogP contribution in [0.2, 0.25) is 0 Å². The van der Waals surface area contributed by atoms with Gasteiger partial charge in [0, 0.05) is 12.2 Å². The number of nitrogens with zero attached hydrogens (tertiary/aromatic N) is 4. The molecule has 20 heavy (non-hydrogen) atoms. The number of nitrogens with one attached hydrogen (secondary N) is 1. The van der Waals surface area contributed by atoms with Crippen LogP contribution in [0.4, 0.5) is 5.82 Å². The van der Waals surface area contributed by atoms with Crippen molar-refractivity contribution in [1.82, 2.24) is 19.6 Å². The summed E-state index contributed by atoms with van der Waals surface area (Å²) in [6, 6.07) is 2.45. The minimum atomic E-state index is 0.477. The van der Waals surface area contributed by atoms with Crippen LogP contribution in [0.5, 0.6) is 0 Å². The standard InChI is InChI=1S/C15H25N5/c1-4-6-8-13(12(3)7-5-2)19-14-9-10-16-15-17-11-18-20(14)15/h9-13,19H,4-8H2,1-3H3. The predicted octanol–water partition coefficient (Wildman–Crippen LogP) is 3.53. The molecule has 2 atom stereocenters. The molecule has 2 heterocycles. The molecule has 0 saturated carbocycles. The van der Waals surface area contributed by atoms with Gasteiger partial charge in [0.2, 0.25) is 0 Å². The van der Waals surface area contributed by atoms with Gasteiger partial charge in [-0.2, -0.15) is 14.6 Å². The molecule has 1 N–H and O–H groups in total. The Bertz CT molecular complexity index is 522. The van der Waals surface area contributed by atoms with E-state index in [4.69, 9.17) is 0 Å². The summed E-state index contributed by atoms with van der Waals surface area (Å²) in [5, 5.41) is 7.89. The van der Waals surface area contributed by atoms with Gasteiger partial charge in [0.1, 0.15) is 12.1 Å². The summed E-state index contributed by atoms with van der Waals surface area (Å²) in [5.41, 5.74) is 0. The molecule has 0 radical (unpaired) electrons. The van der Waals surface area contributed by atoms with E-state index >= 15 is 0 Å². The lowest BCUT2D eigenvalue weighted by Gasteiger charge is -2.26. The fourth-order valence-corrected chi connectivity index (χ4v) is 2.62. The van der Waals surface area contributed by atoms with Crippen molar-refractivity contribution < 1.29 is 0 Å². The van der Waals surface area contributed by atoms with Crippen molar-refractivity contribution in [1.29, 1.82) is 0 Å². The molecule has 0 saturated heterocycles. The van der Waals surface area contributed by atoms with Crippen molar-refractivity contribution in [3.8, 4) is 0 Å². The third kappa shape index (κ3) is 3.46. The number of unbranched alkanes of at least 4 members (excludes halogenated alkanes) is 1. The molecule has 2 rings (SSSR count). The third-order valence-corrected chi connectivity index (χ3v) is 3.81. The first-order valence-electron chi connectivity index (χ1n) is 7.67. The van der Waals surface area contributed by atoms with Crippen LogP contribution >= 0.6 is 0 Å². The summed E-state index contributed by atoms with van der Waals surface area (Å²) < 4.78 is 1.78. The molecule has 0 fully saturated rings. The highest BCUT2D eigenvalue weighted by Crippen LogP contribution is 2.20. The predicted molar refractivity (Wildman–Crippen MR) is 81.8 cm³/mol. The van der Waals surface area contributed by atoms with Gasteiger partial charge in [0.25, 0.3) is 5.78 Å². The van der Waals surface area contributed by atoms with Gasteiger partial charge in [-0.3, -0.25) is 0 Å². The van der Waals surface area contributed by atoms with Crippen LogP contribution in [-0.4, -0.2) is 25.6 Å². The second kappa shape index (κ2) is 7.22. The van der Waals surface area contributed by atoms with E-state index in [0.717, 1.165) is 5.82 Å². The maximum atomic E-state index is 4.24. The van der Waals surface area contributed by atoms with Crippen molar-refractivity contribution in [2.75, 3.05) is 5.32 Å². The van der Waals surface area contributed by atoms with Crippen LogP contribution in [0.1, 0.15) is 52.9 Å². The normalized spacial score (nSPS) is 14.3. The maximum absolute atomic E-state index is 4.24. The molecule has 0 bridgehead atoms. The zero-order chi connectivity index (χ0) is 14.4. The van der Waals surface area contributed by atoms with Crippen molar-refractivity contribution in [3.05, 3.63) is 18.6 Å². The van der Waals surface area contributed by atoms with Crippen LogP contribution in [0.3, 0.4) is 0 Å². The van der Waals surface area contributed by atoms with E-state index in [1.807, 2.05) is 6.07 Å². The van der Waals surface area contributed by atoms with Crippen molar-refractivity contribution in [2.24, 2.45) is 5.92 Å². The van der Waals surface area contributed by atoms with Crippen LogP contribution in [0.25, 0.3) is 5.78 Å². The van der Waals surface area contributed by atoms with E-state index in [9.17, 15) is 0 Å². The van der Waals surface area contributed by atoms with Crippen molar-refractivity contribution in [2.45, 2.75) is 58.9 Å². The lowest BCUT2D eigenvalue weighted by Crippen LogP contribution is -2.28. The summed E-state index contributed by atoms with van der Waals surface area (Å²) in [4.78, 5) is 8.33. The van der Waals surface area contributed by atoms with Crippen molar-refractivity contribution >= 4 is 11.6 Å². The molecule has 5 nitrogen and oxygen atoms in total. The van der Waals surface area contributed by atoms with E-state index in [1.54, 1.807) is 17.0 Å². The monoisotopic (exact) mass is 275 g/mol. The summed E-state index contributed by atoms with van der Waals surface area (Å²) in [7, 11) is 0. The maximum Gasteiger partial charge on any atom is 0.254 e. The first kappa shape index (κ1) is 14.8. The zero-order valence-electron chi connectivity index (χ0n) is 12.7. The molecule has 5 heteroatoms. The molecule has 0 aromatic carbocycles. The summed E-state index contributed by atoms with van der Waals surface area (Å²) in [5.74, 6) is 2.28. The molecule has 0 aliphatic carbocycles. The average Bonchev–Trinajstić information content (AvgIpc) is 2.92. The Hall–Kier alpha value is -1.65. The number of hydrogen-bond donors (Lipinski definition) is 1. The fourth-order valence-electron chi connectivity index (χ4n) is 2.62. The number of fused-ring (bicyclic) bond motifs is 1. The van der Waals surface area contributed by atoms with Gasteiger partial charge in [0.05, 0.1) is 0 Å². The molecule has 2 aromatic rings. The van der Waals surface area contributed by atoms with Crippen LogP contribution < -0.4 is 5.32 Å². The van der Waals surface area contributed by atoms with Gasteiger partial charge in [-0.05, 0) is 24.8 Å².